The predicted octanol–water partition coefficient (Wildman–Crippen LogP) is 3.95. The number of hydrogen-bond donors (Lipinski definition) is 1. The maximum Gasteiger partial charge on any atom is 0.318 e. The maximum atomic E-state index is 13.1. The van der Waals surface area contributed by atoms with Gasteiger partial charge in [-0.05, 0) is 37.1 Å². The van der Waals surface area contributed by atoms with Crippen molar-refractivity contribution in [2.24, 2.45) is 0 Å². The van der Waals surface area contributed by atoms with Gasteiger partial charge in [0.25, 0.3) is 0 Å². The second kappa shape index (κ2) is 7.59. The van der Waals surface area contributed by atoms with Crippen LogP contribution in [0.4, 0.5) is 9.18 Å². The Kier molecular flexibility index (Phi) is 5.53. The zero-order valence-corrected chi connectivity index (χ0v) is 12.9. The van der Waals surface area contributed by atoms with Crippen LogP contribution in [0.3, 0.4) is 0 Å². The Labute approximate surface area is 130 Å². The highest BCUT2D eigenvalue weighted by Gasteiger charge is 2.16. The van der Waals surface area contributed by atoms with Gasteiger partial charge in [-0.15, -0.1) is 0 Å². The molecule has 2 amide bonds. The van der Waals surface area contributed by atoms with E-state index in [-0.39, 0.29) is 17.9 Å². The van der Waals surface area contributed by atoms with Crippen molar-refractivity contribution in [2.75, 3.05) is 0 Å². The molecule has 2 aromatic rings. The van der Waals surface area contributed by atoms with Gasteiger partial charge in [-0.2, -0.15) is 0 Å². The highest BCUT2D eigenvalue weighted by atomic mass is 19.1. The summed E-state index contributed by atoms with van der Waals surface area (Å²) in [5, 5.41) is 2.85. The Morgan fingerprint density at radius 3 is 2.41 bits per heavy atom. The molecule has 2 aromatic carbocycles. The summed E-state index contributed by atoms with van der Waals surface area (Å²) in [6.45, 7) is 4.82. The first-order valence-corrected chi connectivity index (χ1v) is 7.39. The summed E-state index contributed by atoms with van der Waals surface area (Å²) in [7, 11) is 0. The number of halogens is 1. The van der Waals surface area contributed by atoms with Crippen molar-refractivity contribution in [3.05, 3.63) is 71.5 Å². The van der Waals surface area contributed by atoms with E-state index in [0.717, 1.165) is 11.1 Å². The molecule has 2 rings (SSSR count). The highest BCUT2D eigenvalue weighted by molar-refractivity contribution is 5.74. The first-order valence-electron chi connectivity index (χ1n) is 7.39. The highest BCUT2D eigenvalue weighted by Crippen LogP contribution is 2.09. The van der Waals surface area contributed by atoms with E-state index in [9.17, 15) is 9.18 Å². The molecule has 0 unspecified atom stereocenters. The van der Waals surface area contributed by atoms with Crippen LogP contribution < -0.4 is 5.32 Å². The minimum absolute atomic E-state index is 0.0766. The van der Waals surface area contributed by atoms with Gasteiger partial charge in [-0.1, -0.05) is 42.5 Å². The molecular formula is C18H21FN2O. The predicted molar refractivity (Wildman–Crippen MR) is 85.8 cm³/mol. The van der Waals surface area contributed by atoms with E-state index < -0.39 is 0 Å². The van der Waals surface area contributed by atoms with Crippen LogP contribution in [0.25, 0.3) is 0 Å². The van der Waals surface area contributed by atoms with E-state index in [2.05, 4.69) is 5.32 Å². The minimum atomic E-state index is -0.295. The third-order valence-electron chi connectivity index (χ3n) is 3.41. The first kappa shape index (κ1) is 16.0. The fraction of sp³-hybridized carbons (Fsp3) is 0.278. The van der Waals surface area contributed by atoms with Gasteiger partial charge < -0.3 is 10.2 Å². The van der Waals surface area contributed by atoms with Crippen molar-refractivity contribution >= 4 is 6.03 Å². The fourth-order valence-electron chi connectivity index (χ4n) is 2.20. The standard InChI is InChI=1S/C18H21FN2O/c1-14(2)21(13-15-7-4-3-5-8-15)18(22)20-12-16-9-6-10-17(19)11-16/h3-11,14H,12-13H2,1-2H3,(H,20,22). The number of carbonyl (C=O) groups excluding carboxylic acids is 1. The van der Waals surface area contributed by atoms with Gasteiger partial charge in [0.1, 0.15) is 5.82 Å². The van der Waals surface area contributed by atoms with Gasteiger partial charge in [-0.25, -0.2) is 9.18 Å². The molecule has 0 atom stereocenters. The van der Waals surface area contributed by atoms with Crippen molar-refractivity contribution in [2.45, 2.75) is 33.0 Å². The Bertz CT molecular complexity index is 613. The third kappa shape index (κ3) is 4.58. The van der Waals surface area contributed by atoms with E-state index in [1.165, 1.54) is 12.1 Å². The minimum Gasteiger partial charge on any atom is -0.334 e. The number of carbonyl (C=O) groups is 1. The quantitative estimate of drug-likeness (QED) is 0.891. The van der Waals surface area contributed by atoms with Crippen LogP contribution in [0.1, 0.15) is 25.0 Å². The normalized spacial score (nSPS) is 10.5. The molecule has 0 heterocycles. The third-order valence-corrected chi connectivity index (χ3v) is 3.41. The Balaban J connectivity index is 1.98. The average molecular weight is 300 g/mol. The van der Waals surface area contributed by atoms with Gasteiger partial charge in [0, 0.05) is 19.1 Å². The number of nitrogens with zero attached hydrogens (tertiary/aromatic N) is 1. The summed E-state index contributed by atoms with van der Waals surface area (Å²) in [5.41, 5.74) is 1.83. The van der Waals surface area contributed by atoms with Crippen LogP contribution in [0.15, 0.2) is 54.6 Å². The molecule has 0 saturated heterocycles. The monoisotopic (exact) mass is 300 g/mol. The van der Waals surface area contributed by atoms with Crippen LogP contribution in [0.5, 0.6) is 0 Å². The lowest BCUT2D eigenvalue weighted by molar-refractivity contribution is 0.179. The topological polar surface area (TPSA) is 32.3 Å². The second-order valence-corrected chi connectivity index (χ2v) is 5.50. The molecule has 0 bridgehead atoms. The molecule has 0 aromatic heterocycles. The smallest absolute Gasteiger partial charge is 0.318 e. The molecule has 0 aliphatic carbocycles. The number of nitrogens with one attached hydrogen (secondary N) is 1. The molecule has 22 heavy (non-hydrogen) atoms. The number of amides is 2. The molecule has 0 aliphatic heterocycles. The fourth-order valence-corrected chi connectivity index (χ4v) is 2.20. The number of urea groups is 1. The first-order chi connectivity index (χ1) is 10.6. The average Bonchev–Trinajstić information content (AvgIpc) is 2.51. The summed E-state index contributed by atoms with van der Waals surface area (Å²) in [4.78, 5) is 14.1. The second-order valence-electron chi connectivity index (χ2n) is 5.50. The van der Waals surface area contributed by atoms with Crippen LogP contribution in [-0.4, -0.2) is 17.0 Å². The van der Waals surface area contributed by atoms with Crippen LogP contribution in [-0.2, 0) is 13.1 Å². The molecule has 3 nitrogen and oxygen atoms in total. The molecule has 0 spiro atoms. The van der Waals surface area contributed by atoms with Gasteiger partial charge in [0.05, 0.1) is 0 Å². The zero-order chi connectivity index (χ0) is 15.9. The lowest BCUT2D eigenvalue weighted by atomic mass is 10.2. The van der Waals surface area contributed by atoms with E-state index >= 15 is 0 Å². The summed E-state index contributed by atoms with van der Waals surface area (Å²) in [6, 6.07) is 16.0. The molecule has 0 aliphatic rings. The lowest BCUT2D eigenvalue weighted by Gasteiger charge is -2.27. The van der Waals surface area contributed by atoms with Gasteiger partial charge in [0.15, 0.2) is 0 Å². The van der Waals surface area contributed by atoms with Crippen LogP contribution in [0, 0.1) is 5.82 Å². The molecule has 0 fully saturated rings. The molecule has 0 saturated carbocycles. The summed E-state index contributed by atoms with van der Waals surface area (Å²) in [5.74, 6) is -0.295. The summed E-state index contributed by atoms with van der Waals surface area (Å²) >= 11 is 0. The van der Waals surface area contributed by atoms with Gasteiger partial charge in [-0.3, -0.25) is 0 Å². The largest absolute Gasteiger partial charge is 0.334 e. The van der Waals surface area contributed by atoms with E-state index in [4.69, 9.17) is 0 Å². The molecule has 116 valence electrons. The van der Waals surface area contributed by atoms with Gasteiger partial charge >= 0.3 is 6.03 Å². The molecular weight excluding hydrogens is 279 g/mol. The maximum absolute atomic E-state index is 13.1. The van der Waals surface area contributed by atoms with E-state index in [1.807, 2.05) is 44.2 Å². The number of hydrogen-bond acceptors (Lipinski definition) is 1. The van der Waals surface area contributed by atoms with E-state index in [0.29, 0.717) is 13.1 Å². The van der Waals surface area contributed by atoms with Crippen LogP contribution in [0.2, 0.25) is 0 Å². The van der Waals surface area contributed by atoms with E-state index in [1.54, 1.807) is 17.0 Å². The summed E-state index contributed by atoms with van der Waals surface area (Å²) < 4.78 is 13.1. The van der Waals surface area contributed by atoms with Crippen molar-refractivity contribution < 1.29 is 9.18 Å². The van der Waals surface area contributed by atoms with Crippen LogP contribution >= 0.6 is 0 Å². The van der Waals surface area contributed by atoms with Crippen molar-refractivity contribution in [1.82, 2.24) is 10.2 Å². The van der Waals surface area contributed by atoms with Gasteiger partial charge in [0.2, 0.25) is 0 Å². The molecule has 1 N–H and O–H groups in total. The molecule has 4 heteroatoms. The number of benzene rings is 2. The van der Waals surface area contributed by atoms with Crippen molar-refractivity contribution in [1.29, 1.82) is 0 Å². The molecule has 0 radical (unpaired) electrons. The van der Waals surface area contributed by atoms with Crippen molar-refractivity contribution in [3.8, 4) is 0 Å². The Hall–Kier alpha value is -2.36. The number of rotatable bonds is 5. The summed E-state index contributed by atoms with van der Waals surface area (Å²) in [6.07, 6.45) is 0. The lowest BCUT2D eigenvalue weighted by Crippen LogP contribution is -2.43. The van der Waals surface area contributed by atoms with Crippen molar-refractivity contribution in [3.63, 3.8) is 0 Å². The zero-order valence-electron chi connectivity index (χ0n) is 12.9. The SMILES string of the molecule is CC(C)N(Cc1ccccc1)C(=O)NCc1cccc(F)c1. The Morgan fingerprint density at radius 1 is 1.09 bits per heavy atom. The Morgan fingerprint density at radius 2 is 1.77 bits per heavy atom.